The summed E-state index contributed by atoms with van der Waals surface area (Å²) in [6.45, 7) is 4.43. The van der Waals surface area contributed by atoms with E-state index in [2.05, 4.69) is 20.1 Å². The Morgan fingerprint density at radius 3 is 2.30 bits per heavy atom. The number of ether oxygens (including phenoxy) is 3. The fraction of sp³-hybridized carbons (Fsp3) is 0.500. The second-order valence-electron chi connectivity index (χ2n) is 10.3. The van der Waals surface area contributed by atoms with Crippen molar-refractivity contribution in [2.45, 2.75) is 44.0 Å². The van der Waals surface area contributed by atoms with Crippen LogP contribution in [0.2, 0.25) is 0 Å². The average molecular weight is 609 g/mol. The fourth-order valence-corrected chi connectivity index (χ4v) is 4.77. The molecule has 3 aliphatic rings. The number of nitrogens with one attached hydrogen (secondary N) is 1. The number of carboxylic acid groups (broad SMARTS) is 1. The number of aromatic nitrogens is 3. The van der Waals surface area contributed by atoms with E-state index in [-0.39, 0.29) is 11.9 Å². The largest absolute Gasteiger partial charge is 0.497 e. The summed E-state index contributed by atoms with van der Waals surface area (Å²) in [7, 11) is 1.52. The number of fused-ring (bicyclic) bond motifs is 1. The molecule has 232 valence electrons. The van der Waals surface area contributed by atoms with E-state index in [1.165, 1.54) is 13.2 Å². The minimum absolute atomic E-state index is 0.0667. The molecule has 43 heavy (non-hydrogen) atoms. The minimum Gasteiger partial charge on any atom is -0.497 e. The normalized spacial score (nSPS) is 17.7. The summed E-state index contributed by atoms with van der Waals surface area (Å²) in [6.07, 6.45) is 0.483. The number of halogens is 4. The quantitative estimate of drug-likeness (QED) is 0.374. The number of carboxylic acids is 1. The van der Waals surface area contributed by atoms with Gasteiger partial charge < -0.3 is 34.4 Å². The van der Waals surface area contributed by atoms with Crippen molar-refractivity contribution in [1.82, 2.24) is 15.0 Å². The molecule has 3 aromatic rings. The summed E-state index contributed by atoms with van der Waals surface area (Å²) in [4.78, 5) is 28.2. The fourth-order valence-electron chi connectivity index (χ4n) is 4.77. The summed E-state index contributed by atoms with van der Waals surface area (Å²) in [5.41, 5.74) is 1.65. The van der Waals surface area contributed by atoms with Crippen LogP contribution >= 0.6 is 0 Å². The molecule has 2 saturated heterocycles. The summed E-state index contributed by atoms with van der Waals surface area (Å²) < 4.78 is 62.8. The molecule has 0 radical (unpaired) electrons. The molecule has 1 aliphatic carbocycles. The lowest BCUT2D eigenvalue weighted by Crippen LogP contribution is -2.39. The number of pyridine rings is 1. The molecule has 2 aromatic heterocycles. The summed E-state index contributed by atoms with van der Waals surface area (Å²) in [6, 6.07) is 7.08. The molecule has 0 amide bonds. The molecule has 2 aliphatic heterocycles. The Hall–Kier alpha value is -4.14. The molecule has 6 rings (SSSR count). The van der Waals surface area contributed by atoms with Gasteiger partial charge in [0.25, 0.3) is 0 Å². The molecule has 0 atom stereocenters. The van der Waals surface area contributed by atoms with Crippen molar-refractivity contribution >= 4 is 34.5 Å². The van der Waals surface area contributed by atoms with Crippen LogP contribution in [0.15, 0.2) is 30.5 Å². The number of benzene rings is 1. The van der Waals surface area contributed by atoms with Gasteiger partial charge in [-0.15, -0.1) is 0 Å². The number of carbonyl (C=O) groups is 1. The molecule has 11 nitrogen and oxygen atoms in total. The second-order valence-corrected chi connectivity index (χ2v) is 10.3. The van der Waals surface area contributed by atoms with Crippen molar-refractivity contribution in [3.05, 3.63) is 36.3 Å². The van der Waals surface area contributed by atoms with Crippen LogP contribution in [0.5, 0.6) is 11.5 Å². The van der Waals surface area contributed by atoms with Crippen LogP contribution in [-0.4, -0.2) is 90.9 Å². The number of rotatable bonds is 7. The Labute approximate surface area is 244 Å². The van der Waals surface area contributed by atoms with Gasteiger partial charge in [0.05, 0.1) is 25.8 Å². The van der Waals surface area contributed by atoms with Gasteiger partial charge in [-0.05, 0) is 31.0 Å². The van der Waals surface area contributed by atoms with Gasteiger partial charge >= 0.3 is 12.1 Å². The summed E-state index contributed by atoms with van der Waals surface area (Å²) in [5.74, 6) is 0.110. The Kier molecular flexibility index (Phi) is 9.18. The molecule has 0 spiro atoms. The van der Waals surface area contributed by atoms with Crippen LogP contribution in [0.4, 0.5) is 35.0 Å². The number of hydrogen-bond donors (Lipinski definition) is 2. The van der Waals surface area contributed by atoms with Crippen LogP contribution in [0.25, 0.3) is 11.0 Å². The highest BCUT2D eigenvalue weighted by Crippen LogP contribution is 2.35. The smallest absolute Gasteiger partial charge is 0.490 e. The molecule has 3 fully saturated rings. The van der Waals surface area contributed by atoms with Crippen molar-refractivity contribution < 1.29 is 41.7 Å². The van der Waals surface area contributed by atoms with Crippen molar-refractivity contribution in [3.8, 4) is 11.5 Å². The topological polar surface area (TPSA) is 122 Å². The number of aliphatic carboxylic acids is 1. The summed E-state index contributed by atoms with van der Waals surface area (Å²) in [5, 5.41) is 10.7. The van der Waals surface area contributed by atoms with Crippen LogP contribution in [0.3, 0.4) is 0 Å². The molecule has 0 unspecified atom stereocenters. The van der Waals surface area contributed by atoms with E-state index in [1.807, 2.05) is 12.3 Å². The Bertz CT molecular complexity index is 1430. The Balaban J connectivity index is 0.000000472. The number of alkyl halides is 3. The molecule has 2 N–H and O–H groups in total. The number of anilines is 3. The van der Waals surface area contributed by atoms with Crippen LogP contribution in [-0.2, 0) is 9.53 Å². The standard InChI is InChI=1S/C26H31FN6O3.C2HF3O2/c1-34-19-4-5-22(20(27)16-19)36-18-7-10-32(11-8-18)26-24(29-17-2-3-17)30-21-6-9-28-25(23(21)31-26)33-12-14-35-15-13-33;3-2(4,5)1(6)7/h4-6,9,16-18H,2-3,7-8,10-15H2,1H3,(H,29,30);(H,6,7). The maximum atomic E-state index is 14.4. The predicted molar refractivity (Wildman–Crippen MR) is 150 cm³/mol. The van der Waals surface area contributed by atoms with Gasteiger partial charge in [0.2, 0.25) is 0 Å². The van der Waals surface area contributed by atoms with E-state index < -0.39 is 18.0 Å². The second kappa shape index (κ2) is 13.0. The SMILES string of the molecule is COc1ccc(OC2CCN(c3nc4c(N5CCOCC5)nccc4nc3NC3CC3)CC2)c(F)c1.O=C(O)C(F)(F)F. The number of hydrogen-bond acceptors (Lipinski definition) is 10. The zero-order valence-electron chi connectivity index (χ0n) is 23.4. The van der Waals surface area contributed by atoms with Crippen molar-refractivity contribution in [2.24, 2.45) is 0 Å². The zero-order chi connectivity index (χ0) is 30.6. The highest BCUT2D eigenvalue weighted by atomic mass is 19.4. The first-order valence-electron chi connectivity index (χ1n) is 13.9. The van der Waals surface area contributed by atoms with Gasteiger partial charge in [-0.3, -0.25) is 0 Å². The first-order chi connectivity index (χ1) is 20.6. The maximum absolute atomic E-state index is 14.4. The number of morpholine rings is 1. The van der Waals surface area contributed by atoms with Gasteiger partial charge in [-0.1, -0.05) is 0 Å². The number of nitrogens with zero attached hydrogens (tertiary/aromatic N) is 5. The van der Waals surface area contributed by atoms with E-state index in [4.69, 9.17) is 34.1 Å². The zero-order valence-corrected chi connectivity index (χ0v) is 23.4. The number of methoxy groups -OCH3 is 1. The van der Waals surface area contributed by atoms with Crippen LogP contribution < -0.4 is 24.6 Å². The van der Waals surface area contributed by atoms with Gasteiger partial charge in [0, 0.05) is 57.3 Å². The van der Waals surface area contributed by atoms with E-state index in [0.29, 0.717) is 25.0 Å². The highest BCUT2D eigenvalue weighted by Gasteiger charge is 2.38. The predicted octanol–water partition coefficient (Wildman–Crippen LogP) is 4.26. The first kappa shape index (κ1) is 30.3. The van der Waals surface area contributed by atoms with Gasteiger partial charge in [-0.25, -0.2) is 24.1 Å². The Morgan fingerprint density at radius 2 is 1.70 bits per heavy atom. The van der Waals surface area contributed by atoms with Crippen molar-refractivity contribution in [3.63, 3.8) is 0 Å². The average Bonchev–Trinajstić information content (AvgIpc) is 3.82. The van der Waals surface area contributed by atoms with Crippen molar-refractivity contribution in [2.75, 3.05) is 61.6 Å². The molecule has 1 saturated carbocycles. The van der Waals surface area contributed by atoms with E-state index in [1.54, 1.807) is 12.1 Å². The molecule has 1 aromatic carbocycles. The maximum Gasteiger partial charge on any atom is 0.490 e. The monoisotopic (exact) mass is 608 g/mol. The summed E-state index contributed by atoms with van der Waals surface area (Å²) >= 11 is 0. The van der Waals surface area contributed by atoms with Crippen molar-refractivity contribution in [1.29, 1.82) is 0 Å². The van der Waals surface area contributed by atoms with Gasteiger partial charge in [0.15, 0.2) is 29.0 Å². The molecule has 15 heteroatoms. The van der Waals surface area contributed by atoms with E-state index in [0.717, 1.165) is 80.3 Å². The molecule has 0 bridgehead atoms. The van der Waals surface area contributed by atoms with Gasteiger partial charge in [0.1, 0.15) is 17.4 Å². The third-order valence-corrected chi connectivity index (χ3v) is 7.19. The van der Waals surface area contributed by atoms with E-state index in [9.17, 15) is 17.6 Å². The molecule has 4 heterocycles. The third-order valence-electron chi connectivity index (χ3n) is 7.19. The molecular weight excluding hydrogens is 576 g/mol. The lowest BCUT2D eigenvalue weighted by atomic mass is 10.1. The lowest BCUT2D eigenvalue weighted by Gasteiger charge is -2.34. The first-order valence-corrected chi connectivity index (χ1v) is 13.9. The van der Waals surface area contributed by atoms with Gasteiger partial charge in [-0.2, -0.15) is 13.2 Å². The third kappa shape index (κ3) is 7.63. The number of piperidine rings is 1. The lowest BCUT2D eigenvalue weighted by molar-refractivity contribution is -0.192. The Morgan fingerprint density at radius 1 is 1.02 bits per heavy atom. The van der Waals surface area contributed by atoms with Crippen LogP contribution in [0, 0.1) is 5.82 Å². The highest BCUT2D eigenvalue weighted by molar-refractivity contribution is 5.89. The molecular formula is C28H32F4N6O5. The van der Waals surface area contributed by atoms with E-state index >= 15 is 0 Å². The van der Waals surface area contributed by atoms with Crippen LogP contribution in [0.1, 0.15) is 25.7 Å². The minimum atomic E-state index is -5.08.